The Morgan fingerprint density at radius 3 is 2.21 bits per heavy atom. The molecule has 2 atom stereocenters. The molecule has 38 heavy (non-hydrogen) atoms. The Balaban J connectivity index is 0.000000617. The van der Waals surface area contributed by atoms with Crippen molar-refractivity contribution >= 4 is 0 Å². The summed E-state index contributed by atoms with van der Waals surface area (Å²) < 4.78 is 51.6. The average Bonchev–Trinajstić information content (AvgIpc) is 3.17. The minimum atomic E-state index is -4.43. The predicted molar refractivity (Wildman–Crippen MR) is 138 cm³/mol. The maximum atomic E-state index is 13.1. The molecule has 3 heterocycles. The third-order valence-electron chi connectivity index (χ3n) is 8.02. The summed E-state index contributed by atoms with van der Waals surface area (Å²) in [7, 11) is 0. The highest BCUT2D eigenvalue weighted by Gasteiger charge is 2.52. The lowest BCUT2D eigenvalue weighted by molar-refractivity contribution is -0.137. The van der Waals surface area contributed by atoms with Crippen LogP contribution in [0.5, 0.6) is 0 Å². The zero-order valence-corrected chi connectivity index (χ0v) is 23.0. The Labute approximate surface area is 223 Å². The Morgan fingerprint density at radius 2 is 1.68 bits per heavy atom. The van der Waals surface area contributed by atoms with Gasteiger partial charge in [-0.05, 0) is 47.4 Å². The minimum Gasteiger partial charge on any atom is -0.390 e. The summed E-state index contributed by atoms with van der Waals surface area (Å²) in [5, 5.41) is 21.5. The normalized spacial score (nSPS) is 23.6. The number of alkyl halides is 3. The van der Waals surface area contributed by atoms with Crippen molar-refractivity contribution in [3.8, 4) is 0 Å². The van der Waals surface area contributed by atoms with Gasteiger partial charge in [-0.15, -0.1) is 0 Å². The first-order valence-corrected chi connectivity index (χ1v) is 13.6. The van der Waals surface area contributed by atoms with Gasteiger partial charge < -0.3 is 19.7 Å². The van der Waals surface area contributed by atoms with Crippen molar-refractivity contribution in [2.45, 2.75) is 97.3 Å². The maximum Gasteiger partial charge on any atom is 0.416 e. The summed E-state index contributed by atoms with van der Waals surface area (Å²) in [6.45, 7) is 11.4. The van der Waals surface area contributed by atoms with Crippen LogP contribution in [-0.2, 0) is 34.3 Å². The molecule has 2 N–H and O–H groups in total. The van der Waals surface area contributed by atoms with E-state index in [-0.39, 0.29) is 12.0 Å². The van der Waals surface area contributed by atoms with Gasteiger partial charge in [0.05, 0.1) is 29.6 Å². The maximum absolute atomic E-state index is 13.1. The summed E-state index contributed by atoms with van der Waals surface area (Å²) in [6, 6.07) is 4.95. The van der Waals surface area contributed by atoms with Crippen LogP contribution >= 0.6 is 0 Å². The van der Waals surface area contributed by atoms with Crippen molar-refractivity contribution in [1.29, 1.82) is 0 Å². The second-order valence-corrected chi connectivity index (χ2v) is 12.0. The topological polar surface area (TPSA) is 71.8 Å². The molecule has 3 aliphatic rings. The number of nitrogens with zero attached hydrogens (tertiary/aromatic N) is 1. The van der Waals surface area contributed by atoms with Crippen molar-refractivity contribution in [2.24, 2.45) is 11.3 Å². The van der Waals surface area contributed by atoms with E-state index in [0.717, 1.165) is 34.9 Å². The molecule has 1 aromatic carbocycles. The number of ether oxygens (including phenoxy) is 2. The number of pyridine rings is 1. The molecule has 0 radical (unpaired) electrons. The molecule has 5 nitrogen and oxygen atoms in total. The first-order valence-electron chi connectivity index (χ1n) is 13.6. The average molecular weight is 536 g/mol. The van der Waals surface area contributed by atoms with E-state index in [1.54, 1.807) is 0 Å². The van der Waals surface area contributed by atoms with Gasteiger partial charge in [-0.2, -0.15) is 13.2 Å². The van der Waals surface area contributed by atoms with Gasteiger partial charge in [0.25, 0.3) is 0 Å². The number of halogens is 3. The predicted octanol–water partition coefficient (Wildman–Crippen LogP) is 6.78. The van der Waals surface area contributed by atoms with Crippen molar-refractivity contribution < 1.29 is 32.9 Å². The Hall–Kier alpha value is -2.00. The molecule has 1 fully saturated rings. The highest BCUT2D eigenvalue weighted by molar-refractivity contribution is 5.53. The van der Waals surface area contributed by atoms with Gasteiger partial charge >= 0.3 is 6.18 Å². The summed E-state index contributed by atoms with van der Waals surface area (Å²) in [5.74, 6) is 0.884. The SMILES string of the molecule is CC1(C)Cc2nc(CO)c3c(c2C(O)C1)C1(CCOCC1)OC3c1ccc(C(F)(F)F)cc1.CCC(C)C. The van der Waals surface area contributed by atoms with Crippen LogP contribution in [0.15, 0.2) is 24.3 Å². The molecule has 2 unspecified atom stereocenters. The quantitative estimate of drug-likeness (QED) is 0.454. The molecule has 1 aromatic heterocycles. The molecule has 8 heteroatoms. The van der Waals surface area contributed by atoms with Gasteiger partial charge in [0.2, 0.25) is 0 Å². The van der Waals surface area contributed by atoms with Gasteiger partial charge in [0, 0.05) is 42.9 Å². The molecule has 1 aliphatic carbocycles. The lowest BCUT2D eigenvalue weighted by Gasteiger charge is -2.40. The smallest absolute Gasteiger partial charge is 0.390 e. The molecule has 0 amide bonds. The number of fused-ring (bicyclic) bond motifs is 4. The van der Waals surface area contributed by atoms with E-state index in [9.17, 15) is 23.4 Å². The number of rotatable bonds is 3. The molecule has 2 aromatic rings. The molecule has 210 valence electrons. The van der Waals surface area contributed by atoms with Crippen LogP contribution in [0.4, 0.5) is 13.2 Å². The summed E-state index contributed by atoms with van der Waals surface area (Å²) >= 11 is 0. The molecular formula is C30H40F3NO4. The van der Waals surface area contributed by atoms with Gasteiger partial charge in [-0.25, -0.2) is 0 Å². The van der Waals surface area contributed by atoms with Crippen LogP contribution in [0.2, 0.25) is 0 Å². The van der Waals surface area contributed by atoms with E-state index in [1.807, 2.05) is 0 Å². The molecule has 2 aliphatic heterocycles. The standard InChI is InChI=1S/C25H28F3NO4.C5H12/c1-23(2)11-16-19(18(31)12-23)21-20(17(13-30)29-16)22(33-24(21)7-9-32-10-8-24)14-3-5-15(6-4-14)25(26,27)28;1-4-5(2)3/h3-6,18,22,30-31H,7-13H2,1-2H3;5H,4H2,1-3H3. The molecule has 0 bridgehead atoms. The van der Waals surface area contributed by atoms with Crippen LogP contribution in [0.1, 0.15) is 112 Å². The van der Waals surface area contributed by atoms with Crippen molar-refractivity contribution in [3.63, 3.8) is 0 Å². The second-order valence-electron chi connectivity index (χ2n) is 12.0. The third kappa shape index (κ3) is 5.64. The Morgan fingerprint density at radius 1 is 1.08 bits per heavy atom. The van der Waals surface area contributed by atoms with Crippen molar-refractivity contribution in [3.05, 3.63) is 63.5 Å². The second kappa shape index (κ2) is 10.9. The number of aliphatic hydroxyl groups excluding tert-OH is 2. The van der Waals surface area contributed by atoms with E-state index >= 15 is 0 Å². The third-order valence-corrected chi connectivity index (χ3v) is 8.02. The Bertz CT molecular complexity index is 1120. The lowest BCUT2D eigenvalue weighted by atomic mass is 9.70. The molecule has 1 saturated heterocycles. The van der Waals surface area contributed by atoms with E-state index < -0.39 is 29.5 Å². The molecule has 5 rings (SSSR count). The van der Waals surface area contributed by atoms with Crippen LogP contribution in [0.3, 0.4) is 0 Å². The van der Waals surface area contributed by atoms with E-state index in [0.29, 0.717) is 55.7 Å². The first-order chi connectivity index (χ1) is 17.8. The van der Waals surface area contributed by atoms with E-state index in [1.165, 1.54) is 18.6 Å². The molecule has 0 saturated carbocycles. The number of hydrogen-bond donors (Lipinski definition) is 2. The van der Waals surface area contributed by atoms with Crippen LogP contribution < -0.4 is 0 Å². The van der Waals surface area contributed by atoms with Crippen LogP contribution in [0, 0.1) is 11.3 Å². The summed E-state index contributed by atoms with van der Waals surface area (Å²) in [4.78, 5) is 4.76. The fourth-order valence-corrected chi connectivity index (χ4v) is 5.75. The van der Waals surface area contributed by atoms with Crippen LogP contribution in [0.25, 0.3) is 0 Å². The van der Waals surface area contributed by atoms with Crippen LogP contribution in [-0.4, -0.2) is 28.4 Å². The van der Waals surface area contributed by atoms with Crippen molar-refractivity contribution in [2.75, 3.05) is 13.2 Å². The van der Waals surface area contributed by atoms with Gasteiger partial charge in [-0.1, -0.05) is 53.2 Å². The highest BCUT2D eigenvalue weighted by atomic mass is 19.4. The van der Waals surface area contributed by atoms with E-state index in [2.05, 4.69) is 34.6 Å². The van der Waals surface area contributed by atoms with Gasteiger partial charge in [0.1, 0.15) is 6.10 Å². The van der Waals surface area contributed by atoms with Crippen molar-refractivity contribution in [1.82, 2.24) is 4.98 Å². The Kier molecular flexibility index (Phi) is 8.30. The number of hydrogen-bond acceptors (Lipinski definition) is 5. The largest absolute Gasteiger partial charge is 0.416 e. The zero-order valence-electron chi connectivity index (χ0n) is 23.0. The number of aromatic nitrogens is 1. The number of benzene rings is 1. The monoisotopic (exact) mass is 535 g/mol. The number of aliphatic hydroxyl groups is 2. The van der Waals surface area contributed by atoms with E-state index in [4.69, 9.17) is 14.5 Å². The highest BCUT2D eigenvalue weighted by Crippen LogP contribution is 2.57. The first kappa shape index (κ1) is 29.0. The lowest BCUT2D eigenvalue weighted by Crippen LogP contribution is -2.37. The fraction of sp³-hybridized carbons (Fsp3) is 0.633. The van der Waals surface area contributed by atoms with Gasteiger partial charge in [-0.3, -0.25) is 4.98 Å². The summed E-state index contributed by atoms with van der Waals surface area (Å²) in [6.07, 6.45) is -2.16. The fourth-order valence-electron chi connectivity index (χ4n) is 5.75. The molecule has 1 spiro atoms. The van der Waals surface area contributed by atoms with Gasteiger partial charge in [0.15, 0.2) is 0 Å². The zero-order chi connectivity index (χ0) is 27.9. The summed E-state index contributed by atoms with van der Waals surface area (Å²) in [5.41, 5.74) is 2.48. The molecular weight excluding hydrogens is 495 g/mol. The minimum absolute atomic E-state index is 0.143.